The number of aryl methyl sites for hydroxylation is 1. The first-order chi connectivity index (χ1) is 10.3. The zero-order chi connectivity index (χ0) is 16.8. The molecule has 0 aromatic heterocycles. The van der Waals surface area contributed by atoms with Crippen LogP contribution in [0.1, 0.15) is 54.6 Å². The van der Waals surface area contributed by atoms with Gasteiger partial charge in [-0.2, -0.15) is 13.2 Å². The fourth-order valence-corrected chi connectivity index (χ4v) is 2.06. The van der Waals surface area contributed by atoms with Crippen LogP contribution < -0.4 is 0 Å². The van der Waals surface area contributed by atoms with Crippen LogP contribution in [0.5, 0.6) is 0 Å². The highest BCUT2D eigenvalue weighted by Crippen LogP contribution is 2.33. The first kappa shape index (κ1) is 18.5. The monoisotopic (exact) mass is 318 g/mol. The van der Waals surface area contributed by atoms with Crippen molar-refractivity contribution in [3.63, 3.8) is 0 Å². The zero-order valence-corrected chi connectivity index (χ0v) is 12.7. The van der Waals surface area contributed by atoms with Crippen molar-refractivity contribution in [3.8, 4) is 0 Å². The number of carbonyl (C=O) groups is 1. The van der Waals surface area contributed by atoms with E-state index in [0.717, 1.165) is 18.9 Å². The summed E-state index contributed by atoms with van der Waals surface area (Å²) in [6.45, 7) is 3.27. The van der Waals surface area contributed by atoms with Crippen molar-refractivity contribution in [2.24, 2.45) is 0 Å². The topological polar surface area (TPSA) is 46.5 Å². The number of alkyl halides is 3. The molecule has 1 aromatic carbocycles. The van der Waals surface area contributed by atoms with Crippen LogP contribution in [0.4, 0.5) is 13.2 Å². The quantitative estimate of drug-likeness (QED) is 0.611. The van der Waals surface area contributed by atoms with E-state index in [1.165, 1.54) is 12.1 Å². The minimum absolute atomic E-state index is 0.0962. The SMILES string of the molecule is CC(C)OC(=O)c1cc(CCCCCO)ccc1C(F)(F)F. The lowest BCUT2D eigenvalue weighted by atomic mass is 10.00. The minimum atomic E-state index is -4.60. The van der Waals surface area contributed by atoms with Crippen LogP contribution in [0, 0.1) is 0 Å². The molecule has 3 nitrogen and oxygen atoms in total. The molecule has 0 fully saturated rings. The van der Waals surface area contributed by atoms with Crippen molar-refractivity contribution >= 4 is 5.97 Å². The van der Waals surface area contributed by atoms with Crippen LogP contribution in [-0.2, 0) is 17.3 Å². The van der Waals surface area contributed by atoms with E-state index in [1.54, 1.807) is 13.8 Å². The van der Waals surface area contributed by atoms with Gasteiger partial charge in [0.2, 0.25) is 0 Å². The number of rotatable bonds is 7. The molecule has 0 saturated heterocycles. The van der Waals surface area contributed by atoms with Gasteiger partial charge in [0.25, 0.3) is 0 Å². The van der Waals surface area contributed by atoms with E-state index in [9.17, 15) is 18.0 Å². The van der Waals surface area contributed by atoms with Gasteiger partial charge >= 0.3 is 12.1 Å². The molecule has 1 N–H and O–H groups in total. The third-order valence-electron chi connectivity index (χ3n) is 3.08. The Labute approximate surface area is 128 Å². The van der Waals surface area contributed by atoms with E-state index in [0.29, 0.717) is 18.4 Å². The molecule has 0 unspecified atom stereocenters. The summed E-state index contributed by atoms with van der Waals surface area (Å²) in [5.74, 6) is -0.959. The Morgan fingerprint density at radius 3 is 2.45 bits per heavy atom. The summed E-state index contributed by atoms with van der Waals surface area (Å²) in [4.78, 5) is 11.9. The molecule has 1 rings (SSSR count). The highest BCUT2D eigenvalue weighted by atomic mass is 19.4. The van der Waals surface area contributed by atoms with Crippen LogP contribution in [-0.4, -0.2) is 23.8 Å². The van der Waals surface area contributed by atoms with E-state index in [-0.39, 0.29) is 6.61 Å². The smallest absolute Gasteiger partial charge is 0.417 e. The average molecular weight is 318 g/mol. The lowest BCUT2D eigenvalue weighted by molar-refractivity contribution is -0.138. The Hall–Kier alpha value is -1.56. The van der Waals surface area contributed by atoms with Gasteiger partial charge in [-0.25, -0.2) is 4.79 Å². The Morgan fingerprint density at radius 2 is 1.91 bits per heavy atom. The molecule has 0 radical (unpaired) electrons. The fraction of sp³-hybridized carbons (Fsp3) is 0.562. The molecule has 0 aliphatic rings. The van der Waals surface area contributed by atoms with Crippen molar-refractivity contribution in [2.75, 3.05) is 6.61 Å². The number of hydrogen-bond acceptors (Lipinski definition) is 3. The van der Waals surface area contributed by atoms with Crippen LogP contribution in [0.3, 0.4) is 0 Å². The number of halogens is 3. The standard InChI is InChI=1S/C16H21F3O3/c1-11(2)22-15(21)13-10-12(6-4-3-5-9-20)7-8-14(13)16(17,18)19/h7-8,10-11,20H,3-6,9H2,1-2H3. The van der Waals surface area contributed by atoms with Gasteiger partial charge in [0.05, 0.1) is 17.2 Å². The molecule has 0 heterocycles. The van der Waals surface area contributed by atoms with E-state index < -0.39 is 29.4 Å². The number of unbranched alkanes of at least 4 members (excludes halogenated alkanes) is 2. The van der Waals surface area contributed by atoms with E-state index in [4.69, 9.17) is 9.84 Å². The molecule has 1 aromatic rings. The normalized spacial score (nSPS) is 11.8. The minimum Gasteiger partial charge on any atom is -0.459 e. The molecule has 22 heavy (non-hydrogen) atoms. The molecule has 0 aliphatic heterocycles. The average Bonchev–Trinajstić information content (AvgIpc) is 2.41. The molecule has 0 bridgehead atoms. The predicted molar refractivity (Wildman–Crippen MR) is 76.6 cm³/mol. The number of aliphatic hydroxyl groups is 1. The Bertz CT molecular complexity index is 496. The van der Waals surface area contributed by atoms with Gasteiger partial charge in [0.15, 0.2) is 0 Å². The van der Waals surface area contributed by atoms with Crippen molar-refractivity contribution in [1.29, 1.82) is 0 Å². The first-order valence-electron chi connectivity index (χ1n) is 7.27. The van der Waals surface area contributed by atoms with Gasteiger partial charge in [-0.05, 0) is 50.8 Å². The molecule has 0 saturated carbocycles. The predicted octanol–water partition coefficient (Wildman–Crippen LogP) is 3.98. The second kappa shape index (κ2) is 8.17. The molecular formula is C16H21F3O3. The number of esters is 1. The zero-order valence-electron chi connectivity index (χ0n) is 12.7. The maximum absolute atomic E-state index is 13.0. The molecule has 0 spiro atoms. The van der Waals surface area contributed by atoms with Gasteiger partial charge in [-0.3, -0.25) is 0 Å². The van der Waals surface area contributed by atoms with Gasteiger partial charge in [0.1, 0.15) is 0 Å². The second-order valence-corrected chi connectivity index (χ2v) is 5.37. The summed E-state index contributed by atoms with van der Waals surface area (Å²) in [5, 5.41) is 8.70. The summed E-state index contributed by atoms with van der Waals surface area (Å²) in [6, 6.07) is 3.57. The number of aliphatic hydroxyl groups excluding tert-OH is 1. The largest absolute Gasteiger partial charge is 0.459 e. The van der Waals surface area contributed by atoms with Crippen LogP contribution in [0.15, 0.2) is 18.2 Å². The molecule has 0 amide bonds. The Kier molecular flexibility index (Phi) is 6.87. The van der Waals surface area contributed by atoms with Gasteiger partial charge < -0.3 is 9.84 Å². The highest BCUT2D eigenvalue weighted by Gasteiger charge is 2.35. The van der Waals surface area contributed by atoms with E-state index in [2.05, 4.69) is 0 Å². The van der Waals surface area contributed by atoms with Crippen molar-refractivity contribution in [1.82, 2.24) is 0 Å². The molecule has 0 atom stereocenters. The van der Waals surface area contributed by atoms with Crippen molar-refractivity contribution in [2.45, 2.75) is 51.8 Å². The number of ether oxygens (including phenoxy) is 1. The fourth-order valence-electron chi connectivity index (χ4n) is 2.06. The van der Waals surface area contributed by atoms with Crippen LogP contribution in [0.25, 0.3) is 0 Å². The van der Waals surface area contributed by atoms with Gasteiger partial charge in [-0.1, -0.05) is 12.5 Å². The van der Waals surface area contributed by atoms with Gasteiger partial charge in [-0.15, -0.1) is 0 Å². The Balaban J connectivity index is 2.99. The van der Waals surface area contributed by atoms with E-state index in [1.807, 2.05) is 0 Å². The third kappa shape index (κ3) is 5.67. The Morgan fingerprint density at radius 1 is 1.23 bits per heavy atom. The molecule has 6 heteroatoms. The van der Waals surface area contributed by atoms with Crippen LogP contribution in [0.2, 0.25) is 0 Å². The van der Waals surface area contributed by atoms with Crippen LogP contribution >= 0.6 is 0 Å². The first-order valence-corrected chi connectivity index (χ1v) is 7.27. The maximum Gasteiger partial charge on any atom is 0.417 e. The number of hydrogen-bond donors (Lipinski definition) is 1. The van der Waals surface area contributed by atoms with Crippen molar-refractivity contribution < 1.29 is 27.8 Å². The van der Waals surface area contributed by atoms with E-state index >= 15 is 0 Å². The molecule has 124 valence electrons. The summed E-state index contributed by atoms with van der Waals surface area (Å²) >= 11 is 0. The summed E-state index contributed by atoms with van der Waals surface area (Å²) < 4.78 is 43.9. The lowest BCUT2D eigenvalue weighted by Crippen LogP contribution is -2.18. The second-order valence-electron chi connectivity index (χ2n) is 5.37. The molecule has 0 aliphatic carbocycles. The summed E-state index contributed by atoms with van der Waals surface area (Å²) in [7, 11) is 0. The maximum atomic E-state index is 13.0. The van der Waals surface area contributed by atoms with Gasteiger partial charge in [0, 0.05) is 6.61 Å². The summed E-state index contributed by atoms with van der Waals surface area (Å²) in [6.07, 6.45) is -2.35. The lowest BCUT2D eigenvalue weighted by Gasteiger charge is -2.15. The summed E-state index contributed by atoms with van der Waals surface area (Å²) in [5.41, 5.74) is -0.764. The number of carbonyl (C=O) groups excluding carboxylic acids is 1. The van der Waals surface area contributed by atoms with Crippen molar-refractivity contribution in [3.05, 3.63) is 34.9 Å². The number of benzene rings is 1. The molecular weight excluding hydrogens is 297 g/mol. The third-order valence-corrected chi connectivity index (χ3v) is 3.08. The highest BCUT2D eigenvalue weighted by molar-refractivity contribution is 5.91.